The summed E-state index contributed by atoms with van der Waals surface area (Å²) in [5.74, 6) is 0.145. The molecule has 0 saturated carbocycles. The van der Waals surface area contributed by atoms with Crippen molar-refractivity contribution in [1.29, 1.82) is 0 Å². The zero-order valence-electron chi connectivity index (χ0n) is 20.8. The van der Waals surface area contributed by atoms with Gasteiger partial charge in [-0.15, -0.1) is 0 Å². The first-order valence-corrected chi connectivity index (χ1v) is 12.9. The Morgan fingerprint density at radius 3 is 2.39 bits per heavy atom. The number of ether oxygens (including phenoxy) is 1. The normalized spacial score (nSPS) is 19.1. The molecule has 2 aromatic carbocycles. The molecule has 2 fully saturated rings. The largest absolute Gasteiger partial charge is 0.497 e. The molecule has 192 valence electrons. The minimum atomic E-state index is -0.713. The third kappa shape index (κ3) is 6.02. The first-order valence-electron chi connectivity index (χ1n) is 12.5. The van der Waals surface area contributed by atoms with Crippen molar-refractivity contribution < 1.29 is 18.7 Å². The number of methoxy groups -OCH3 is 1. The van der Waals surface area contributed by atoms with Gasteiger partial charge in [0.2, 0.25) is 5.91 Å². The van der Waals surface area contributed by atoms with Crippen LogP contribution in [-0.4, -0.2) is 66.1 Å². The van der Waals surface area contributed by atoms with Gasteiger partial charge in [0, 0.05) is 12.2 Å². The molecular formula is C27H33FN4O3S. The van der Waals surface area contributed by atoms with Crippen molar-refractivity contribution in [3.05, 3.63) is 54.3 Å². The number of carbonyl (C=O) groups is 2. The maximum atomic E-state index is 13.6. The van der Waals surface area contributed by atoms with E-state index in [0.29, 0.717) is 34.7 Å². The number of hydrogen-bond acceptors (Lipinski definition) is 5. The Morgan fingerprint density at radius 1 is 1.11 bits per heavy atom. The molecule has 2 aliphatic rings. The van der Waals surface area contributed by atoms with Crippen LogP contribution in [0.1, 0.15) is 32.6 Å². The van der Waals surface area contributed by atoms with E-state index < -0.39 is 6.04 Å². The molecule has 9 heteroatoms. The van der Waals surface area contributed by atoms with Crippen LogP contribution >= 0.6 is 12.2 Å². The van der Waals surface area contributed by atoms with Gasteiger partial charge in [0.25, 0.3) is 5.91 Å². The molecule has 0 aliphatic carbocycles. The van der Waals surface area contributed by atoms with Crippen molar-refractivity contribution in [2.75, 3.05) is 43.5 Å². The summed E-state index contributed by atoms with van der Waals surface area (Å²) in [7, 11) is 1.58. The van der Waals surface area contributed by atoms with Gasteiger partial charge in [-0.3, -0.25) is 14.5 Å². The van der Waals surface area contributed by atoms with Crippen LogP contribution in [0.4, 0.5) is 15.8 Å². The van der Waals surface area contributed by atoms with Crippen LogP contribution in [0.5, 0.6) is 5.75 Å². The Labute approximate surface area is 217 Å². The second-order valence-corrected chi connectivity index (χ2v) is 9.73. The zero-order chi connectivity index (χ0) is 25.7. The molecule has 1 N–H and O–H groups in total. The first-order chi connectivity index (χ1) is 17.4. The van der Waals surface area contributed by atoms with Gasteiger partial charge >= 0.3 is 0 Å². The average molecular weight is 513 g/mol. The zero-order valence-corrected chi connectivity index (χ0v) is 21.6. The smallest absolute Gasteiger partial charge is 0.256 e. The van der Waals surface area contributed by atoms with Gasteiger partial charge in [-0.2, -0.15) is 0 Å². The van der Waals surface area contributed by atoms with E-state index in [4.69, 9.17) is 17.0 Å². The second kappa shape index (κ2) is 11.8. The number of nitrogens with zero attached hydrogens (tertiary/aromatic N) is 3. The van der Waals surface area contributed by atoms with E-state index in [-0.39, 0.29) is 24.1 Å². The fourth-order valence-corrected chi connectivity index (χ4v) is 5.32. The number of nitrogens with one attached hydrogen (secondary N) is 1. The Bertz CT molecular complexity index is 1070. The van der Waals surface area contributed by atoms with Gasteiger partial charge in [-0.25, -0.2) is 4.39 Å². The lowest BCUT2D eigenvalue weighted by atomic mass is 9.95. The number of anilines is 2. The summed E-state index contributed by atoms with van der Waals surface area (Å²) in [5, 5.41) is 3.24. The van der Waals surface area contributed by atoms with Gasteiger partial charge in [0.1, 0.15) is 17.6 Å². The van der Waals surface area contributed by atoms with Crippen LogP contribution in [0.3, 0.4) is 0 Å². The SMILES string of the molecule is CCCN1CCC(CN2C(=S)N(c3ccc(F)cc3)C(=O)[C@@H]2CC(=O)Nc2ccc(OC)cc2)CC1. The predicted octanol–water partition coefficient (Wildman–Crippen LogP) is 4.29. The highest BCUT2D eigenvalue weighted by Gasteiger charge is 2.45. The van der Waals surface area contributed by atoms with E-state index in [2.05, 4.69) is 17.1 Å². The summed E-state index contributed by atoms with van der Waals surface area (Å²) in [6.07, 6.45) is 3.15. The predicted molar refractivity (Wildman–Crippen MR) is 143 cm³/mol. The lowest BCUT2D eigenvalue weighted by molar-refractivity contribution is -0.124. The molecule has 2 heterocycles. The summed E-state index contributed by atoms with van der Waals surface area (Å²) in [6.45, 7) is 5.95. The Balaban J connectivity index is 1.50. The number of amides is 2. The van der Waals surface area contributed by atoms with Gasteiger partial charge < -0.3 is 19.9 Å². The minimum absolute atomic E-state index is 0.0304. The van der Waals surface area contributed by atoms with Crippen molar-refractivity contribution in [1.82, 2.24) is 9.80 Å². The summed E-state index contributed by atoms with van der Waals surface area (Å²) < 4.78 is 18.7. The summed E-state index contributed by atoms with van der Waals surface area (Å²) in [4.78, 5) is 32.3. The summed E-state index contributed by atoms with van der Waals surface area (Å²) >= 11 is 5.76. The van der Waals surface area contributed by atoms with E-state index in [0.717, 1.165) is 38.9 Å². The molecule has 0 spiro atoms. The third-order valence-corrected chi connectivity index (χ3v) is 7.27. The number of carbonyl (C=O) groups excluding carboxylic acids is 2. The monoisotopic (exact) mass is 512 g/mol. The summed E-state index contributed by atoms with van der Waals surface area (Å²) in [5.41, 5.74) is 1.13. The summed E-state index contributed by atoms with van der Waals surface area (Å²) in [6, 6.07) is 12.0. The Hall–Kier alpha value is -3.04. The number of piperidine rings is 1. The number of thiocarbonyl (C=S) groups is 1. The van der Waals surface area contributed by atoms with Crippen LogP contribution in [0.15, 0.2) is 48.5 Å². The molecule has 4 rings (SSSR count). The molecular weight excluding hydrogens is 479 g/mol. The topological polar surface area (TPSA) is 65.1 Å². The van der Waals surface area contributed by atoms with Crippen LogP contribution < -0.4 is 15.0 Å². The van der Waals surface area contributed by atoms with Crippen molar-refractivity contribution in [3.8, 4) is 5.75 Å². The van der Waals surface area contributed by atoms with E-state index in [1.807, 2.05) is 4.90 Å². The van der Waals surface area contributed by atoms with E-state index in [1.165, 1.54) is 17.0 Å². The van der Waals surface area contributed by atoms with E-state index in [9.17, 15) is 14.0 Å². The molecule has 0 radical (unpaired) electrons. The highest BCUT2D eigenvalue weighted by Crippen LogP contribution is 2.30. The van der Waals surface area contributed by atoms with Crippen molar-refractivity contribution in [2.24, 2.45) is 5.92 Å². The van der Waals surface area contributed by atoms with Crippen LogP contribution in [0, 0.1) is 11.7 Å². The number of benzene rings is 2. The molecule has 2 aliphatic heterocycles. The van der Waals surface area contributed by atoms with Crippen LogP contribution in [0.25, 0.3) is 0 Å². The quantitative estimate of drug-likeness (QED) is 0.506. The fraction of sp³-hybridized carbons (Fsp3) is 0.444. The van der Waals surface area contributed by atoms with Gasteiger partial charge in [0.15, 0.2) is 5.11 Å². The maximum absolute atomic E-state index is 13.6. The second-order valence-electron chi connectivity index (χ2n) is 9.37. The molecule has 0 unspecified atom stereocenters. The maximum Gasteiger partial charge on any atom is 0.256 e. The standard InChI is InChI=1S/C27H33FN4O3S/c1-3-14-30-15-12-19(13-16-30)18-31-24(17-25(33)29-21-6-10-23(35-2)11-7-21)26(34)32(27(31)36)22-8-4-20(28)5-9-22/h4-11,19,24H,3,12-18H2,1-2H3,(H,29,33)/t24-/m0/s1. The number of rotatable bonds is 9. The van der Waals surface area contributed by atoms with E-state index in [1.54, 1.807) is 43.5 Å². The van der Waals surface area contributed by atoms with Crippen molar-refractivity contribution >= 4 is 40.5 Å². The highest BCUT2D eigenvalue weighted by atomic mass is 32.1. The minimum Gasteiger partial charge on any atom is -0.497 e. The van der Waals surface area contributed by atoms with Crippen molar-refractivity contribution in [3.63, 3.8) is 0 Å². The molecule has 2 aromatic rings. The first kappa shape index (κ1) is 26.0. The molecule has 0 aromatic heterocycles. The van der Waals surface area contributed by atoms with Gasteiger partial charge in [0.05, 0.1) is 19.2 Å². The molecule has 2 saturated heterocycles. The number of hydrogen-bond donors (Lipinski definition) is 1. The Kier molecular flexibility index (Phi) is 8.53. The number of likely N-dealkylation sites (tertiary alicyclic amines) is 1. The van der Waals surface area contributed by atoms with Crippen LogP contribution in [0.2, 0.25) is 0 Å². The fourth-order valence-electron chi connectivity index (χ4n) is 4.92. The van der Waals surface area contributed by atoms with Gasteiger partial charge in [-0.05, 0) is 106 Å². The Morgan fingerprint density at radius 2 is 1.78 bits per heavy atom. The van der Waals surface area contributed by atoms with Gasteiger partial charge in [-0.1, -0.05) is 6.92 Å². The lowest BCUT2D eigenvalue weighted by Crippen LogP contribution is -2.44. The number of halogens is 1. The average Bonchev–Trinajstić information content (AvgIpc) is 3.10. The molecule has 0 bridgehead atoms. The van der Waals surface area contributed by atoms with E-state index >= 15 is 0 Å². The third-order valence-electron chi connectivity index (χ3n) is 6.86. The highest BCUT2D eigenvalue weighted by molar-refractivity contribution is 7.80. The van der Waals surface area contributed by atoms with Crippen molar-refractivity contribution in [2.45, 2.75) is 38.6 Å². The molecule has 2 amide bonds. The molecule has 36 heavy (non-hydrogen) atoms. The lowest BCUT2D eigenvalue weighted by Gasteiger charge is -2.35. The molecule has 1 atom stereocenters. The van der Waals surface area contributed by atoms with Crippen LogP contribution in [-0.2, 0) is 9.59 Å². The molecule has 7 nitrogen and oxygen atoms in total.